The lowest BCUT2D eigenvalue weighted by atomic mass is 9.77. The quantitative estimate of drug-likeness (QED) is 0.825. The third kappa shape index (κ3) is 4.45. The molecule has 18 heavy (non-hydrogen) atoms. The zero-order chi connectivity index (χ0) is 13.8. The maximum atomic E-state index is 3.50. The minimum atomic E-state index is 0.348. The first kappa shape index (κ1) is 15.2. The van der Waals surface area contributed by atoms with Crippen molar-refractivity contribution in [2.24, 2.45) is 11.3 Å². The molecule has 0 saturated carbocycles. The SMILES string of the molecule is CCNCC(Cc1ccc(C)c(C)c1)C(C)(C)C. The van der Waals surface area contributed by atoms with Crippen molar-refractivity contribution >= 4 is 0 Å². The van der Waals surface area contributed by atoms with Gasteiger partial charge >= 0.3 is 0 Å². The summed E-state index contributed by atoms with van der Waals surface area (Å²) in [5, 5.41) is 3.50. The van der Waals surface area contributed by atoms with Crippen molar-refractivity contribution < 1.29 is 0 Å². The third-order valence-corrected chi connectivity index (χ3v) is 3.92. The van der Waals surface area contributed by atoms with Gasteiger partial charge in [-0.15, -0.1) is 0 Å². The van der Waals surface area contributed by atoms with E-state index in [0.717, 1.165) is 19.5 Å². The molecule has 1 aromatic carbocycles. The predicted molar refractivity (Wildman–Crippen MR) is 81.1 cm³/mol. The highest BCUT2D eigenvalue weighted by Crippen LogP contribution is 2.29. The lowest BCUT2D eigenvalue weighted by Crippen LogP contribution is -2.33. The van der Waals surface area contributed by atoms with Crippen LogP contribution in [0.2, 0.25) is 0 Å². The second-order valence-corrected chi connectivity index (χ2v) is 6.49. The fourth-order valence-corrected chi connectivity index (χ4v) is 2.22. The first-order chi connectivity index (χ1) is 8.34. The van der Waals surface area contributed by atoms with Crippen molar-refractivity contribution in [1.82, 2.24) is 5.32 Å². The van der Waals surface area contributed by atoms with Gasteiger partial charge in [-0.2, -0.15) is 0 Å². The average molecular weight is 247 g/mol. The molecule has 0 aliphatic carbocycles. The molecule has 1 aromatic rings. The first-order valence-corrected chi connectivity index (χ1v) is 7.11. The summed E-state index contributed by atoms with van der Waals surface area (Å²) in [6.45, 7) is 15.7. The van der Waals surface area contributed by atoms with Crippen LogP contribution < -0.4 is 5.32 Å². The largest absolute Gasteiger partial charge is 0.317 e. The Hall–Kier alpha value is -0.820. The molecule has 1 unspecified atom stereocenters. The smallest absolute Gasteiger partial charge is 0.00124 e. The number of aryl methyl sites for hydroxylation is 2. The summed E-state index contributed by atoms with van der Waals surface area (Å²) >= 11 is 0. The molecule has 0 spiro atoms. The van der Waals surface area contributed by atoms with Gasteiger partial charge in [-0.05, 0) is 61.4 Å². The van der Waals surface area contributed by atoms with Crippen molar-refractivity contribution in [3.63, 3.8) is 0 Å². The average Bonchev–Trinajstić information content (AvgIpc) is 2.27. The van der Waals surface area contributed by atoms with E-state index in [9.17, 15) is 0 Å². The van der Waals surface area contributed by atoms with E-state index >= 15 is 0 Å². The topological polar surface area (TPSA) is 12.0 Å². The molecule has 1 rings (SSSR count). The number of hydrogen-bond donors (Lipinski definition) is 1. The van der Waals surface area contributed by atoms with Crippen molar-refractivity contribution in [3.05, 3.63) is 34.9 Å². The van der Waals surface area contributed by atoms with Gasteiger partial charge in [-0.3, -0.25) is 0 Å². The highest BCUT2D eigenvalue weighted by Gasteiger charge is 2.24. The summed E-state index contributed by atoms with van der Waals surface area (Å²) in [4.78, 5) is 0. The molecule has 0 radical (unpaired) electrons. The molecule has 0 aromatic heterocycles. The second kappa shape index (κ2) is 6.38. The van der Waals surface area contributed by atoms with Gasteiger partial charge in [0.25, 0.3) is 0 Å². The van der Waals surface area contributed by atoms with Crippen LogP contribution in [0.1, 0.15) is 44.4 Å². The fourth-order valence-electron chi connectivity index (χ4n) is 2.22. The van der Waals surface area contributed by atoms with Gasteiger partial charge in [0.1, 0.15) is 0 Å². The molecule has 0 fully saturated rings. The Kier molecular flexibility index (Phi) is 5.40. The van der Waals surface area contributed by atoms with Crippen molar-refractivity contribution in [2.75, 3.05) is 13.1 Å². The molecule has 1 nitrogen and oxygen atoms in total. The van der Waals surface area contributed by atoms with Crippen molar-refractivity contribution in [3.8, 4) is 0 Å². The Morgan fingerprint density at radius 2 is 1.78 bits per heavy atom. The van der Waals surface area contributed by atoms with Crippen LogP contribution in [0.25, 0.3) is 0 Å². The molecule has 0 aliphatic rings. The van der Waals surface area contributed by atoms with E-state index in [1.54, 1.807) is 0 Å². The van der Waals surface area contributed by atoms with Crippen LogP contribution >= 0.6 is 0 Å². The molecule has 102 valence electrons. The number of benzene rings is 1. The Bertz CT molecular complexity index is 374. The van der Waals surface area contributed by atoms with Crippen LogP contribution in [0.5, 0.6) is 0 Å². The molecule has 0 heterocycles. The zero-order valence-electron chi connectivity index (χ0n) is 12.9. The zero-order valence-corrected chi connectivity index (χ0v) is 12.9. The van der Waals surface area contributed by atoms with Gasteiger partial charge in [0.05, 0.1) is 0 Å². The number of hydrogen-bond acceptors (Lipinski definition) is 1. The monoisotopic (exact) mass is 247 g/mol. The molecular formula is C17H29N. The van der Waals surface area contributed by atoms with Crippen LogP contribution in [0.15, 0.2) is 18.2 Å². The fraction of sp³-hybridized carbons (Fsp3) is 0.647. The second-order valence-electron chi connectivity index (χ2n) is 6.49. The van der Waals surface area contributed by atoms with E-state index in [0.29, 0.717) is 11.3 Å². The van der Waals surface area contributed by atoms with Crippen LogP contribution in [0.4, 0.5) is 0 Å². The highest BCUT2D eigenvalue weighted by atomic mass is 14.8. The summed E-state index contributed by atoms with van der Waals surface area (Å²) in [6.07, 6.45) is 1.16. The molecule has 1 N–H and O–H groups in total. The van der Waals surface area contributed by atoms with E-state index in [2.05, 4.69) is 65.1 Å². The normalized spacial score (nSPS) is 13.7. The van der Waals surface area contributed by atoms with Gasteiger partial charge in [-0.1, -0.05) is 45.9 Å². The molecule has 1 heteroatoms. The predicted octanol–water partition coefficient (Wildman–Crippen LogP) is 4.12. The lowest BCUT2D eigenvalue weighted by molar-refractivity contribution is 0.232. The minimum Gasteiger partial charge on any atom is -0.317 e. The molecule has 0 saturated heterocycles. The summed E-state index contributed by atoms with van der Waals surface area (Å²) in [7, 11) is 0. The maximum Gasteiger partial charge on any atom is -0.00124 e. The van der Waals surface area contributed by atoms with Gasteiger partial charge in [0, 0.05) is 0 Å². The lowest BCUT2D eigenvalue weighted by Gasteiger charge is -2.31. The van der Waals surface area contributed by atoms with E-state index in [4.69, 9.17) is 0 Å². The van der Waals surface area contributed by atoms with Gasteiger partial charge in [0.2, 0.25) is 0 Å². The van der Waals surface area contributed by atoms with Gasteiger partial charge < -0.3 is 5.32 Å². The molecule has 0 aliphatic heterocycles. The molecular weight excluding hydrogens is 218 g/mol. The van der Waals surface area contributed by atoms with E-state index in [-0.39, 0.29) is 0 Å². The third-order valence-electron chi connectivity index (χ3n) is 3.92. The Labute approximate surface area is 113 Å². The first-order valence-electron chi connectivity index (χ1n) is 7.11. The molecule has 1 atom stereocenters. The molecule has 0 amide bonds. The van der Waals surface area contributed by atoms with Crippen LogP contribution in [0, 0.1) is 25.2 Å². The highest BCUT2D eigenvalue weighted by molar-refractivity contribution is 5.30. The van der Waals surface area contributed by atoms with Crippen molar-refractivity contribution in [2.45, 2.75) is 48.0 Å². The summed E-state index contributed by atoms with van der Waals surface area (Å²) < 4.78 is 0. The van der Waals surface area contributed by atoms with E-state index < -0.39 is 0 Å². The van der Waals surface area contributed by atoms with Crippen LogP contribution in [-0.2, 0) is 6.42 Å². The van der Waals surface area contributed by atoms with Crippen LogP contribution in [-0.4, -0.2) is 13.1 Å². The Balaban J connectivity index is 2.79. The number of nitrogens with one attached hydrogen (secondary N) is 1. The van der Waals surface area contributed by atoms with Gasteiger partial charge in [0.15, 0.2) is 0 Å². The standard InChI is InChI=1S/C17H29N/c1-7-18-12-16(17(4,5)6)11-15-9-8-13(2)14(3)10-15/h8-10,16,18H,7,11-12H2,1-6H3. The number of rotatable bonds is 5. The Morgan fingerprint density at radius 1 is 1.11 bits per heavy atom. The maximum absolute atomic E-state index is 3.50. The van der Waals surface area contributed by atoms with E-state index in [1.165, 1.54) is 16.7 Å². The summed E-state index contributed by atoms with van der Waals surface area (Å²) in [5.74, 6) is 0.680. The van der Waals surface area contributed by atoms with Crippen LogP contribution in [0.3, 0.4) is 0 Å². The Morgan fingerprint density at radius 3 is 2.28 bits per heavy atom. The summed E-state index contributed by atoms with van der Waals surface area (Å²) in [6, 6.07) is 6.88. The van der Waals surface area contributed by atoms with Crippen molar-refractivity contribution in [1.29, 1.82) is 0 Å². The van der Waals surface area contributed by atoms with Gasteiger partial charge in [-0.25, -0.2) is 0 Å². The minimum absolute atomic E-state index is 0.348. The summed E-state index contributed by atoms with van der Waals surface area (Å²) in [5.41, 5.74) is 4.61. The molecule has 0 bridgehead atoms. The van der Waals surface area contributed by atoms with E-state index in [1.807, 2.05) is 0 Å².